The van der Waals surface area contributed by atoms with Gasteiger partial charge in [0, 0.05) is 116 Å². The van der Waals surface area contributed by atoms with Crippen molar-refractivity contribution in [1.29, 1.82) is 0 Å². The van der Waals surface area contributed by atoms with Crippen LogP contribution in [-0.2, 0) is 0 Å². The SMILES string of the molecule is c1ccc(-c2ccc(-c3nc(-c4ccccc4)nc(-c4ccc(-n5c6ccccc6c6cc7c(cc65)sc5ccccc57)cc4)n3)cc2)cc1.c1ccc(-c2nc(-c3ccc(-c4cccc5c4sc4ccccc45)cc3)nc(-n3c4ccccc4c4cc5c(cc43)sc3ccccc35)n2)cc1. The van der Waals surface area contributed by atoms with Crippen LogP contribution < -0.4 is 0 Å². The van der Waals surface area contributed by atoms with Crippen molar-refractivity contribution in [2.75, 3.05) is 0 Å². The summed E-state index contributed by atoms with van der Waals surface area (Å²) in [6.45, 7) is 0. The van der Waals surface area contributed by atoms with Gasteiger partial charge < -0.3 is 4.57 Å². The highest BCUT2D eigenvalue weighted by Gasteiger charge is 2.22. The first-order valence-corrected chi connectivity index (χ1v) is 36.1. The molecule has 0 amide bonds. The molecule has 0 aliphatic rings. The number of rotatable bonds is 9. The van der Waals surface area contributed by atoms with Crippen LogP contribution in [0, 0.1) is 0 Å². The van der Waals surface area contributed by atoms with Crippen LogP contribution in [0.25, 0.3) is 195 Å². The van der Waals surface area contributed by atoms with Gasteiger partial charge in [0.05, 0.1) is 22.1 Å². The summed E-state index contributed by atoms with van der Waals surface area (Å²) in [5, 5.41) is 12.7. The van der Waals surface area contributed by atoms with E-state index in [1.165, 1.54) is 110 Å². The highest BCUT2D eigenvalue weighted by molar-refractivity contribution is 7.27. The highest BCUT2D eigenvalue weighted by atomic mass is 32.1. The third kappa shape index (κ3) is 10.2. The molecule has 11 heteroatoms. The number of benzene rings is 14. The van der Waals surface area contributed by atoms with Gasteiger partial charge in [-0.25, -0.2) is 19.9 Å². The monoisotopic (exact) mass is 1340 g/mol. The zero-order valence-electron chi connectivity index (χ0n) is 54.0. The molecule has 0 N–H and O–H groups in total. The minimum Gasteiger partial charge on any atom is -0.309 e. The molecule has 0 aliphatic carbocycles. The summed E-state index contributed by atoms with van der Waals surface area (Å²) in [6, 6.07) is 116. The normalized spacial score (nSPS) is 11.8. The quantitative estimate of drug-likeness (QED) is 0.143. The van der Waals surface area contributed by atoms with Gasteiger partial charge in [0.25, 0.3) is 0 Å². The minimum atomic E-state index is 0.602. The van der Waals surface area contributed by atoms with E-state index in [0.717, 1.165) is 50.1 Å². The van der Waals surface area contributed by atoms with Crippen molar-refractivity contribution < 1.29 is 0 Å². The summed E-state index contributed by atoms with van der Waals surface area (Å²) < 4.78 is 12.3. The number of hydrogen-bond acceptors (Lipinski definition) is 9. The largest absolute Gasteiger partial charge is 0.309 e. The molecule has 0 saturated carbocycles. The summed E-state index contributed by atoms with van der Waals surface area (Å²) in [6.07, 6.45) is 0. The smallest absolute Gasteiger partial charge is 0.238 e. The Balaban J connectivity index is 0.000000136. The van der Waals surface area contributed by atoms with Crippen LogP contribution in [0.4, 0.5) is 0 Å². The molecular formula is C90H54N8S3. The van der Waals surface area contributed by atoms with Gasteiger partial charge in [0.2, 0.25) is 5.95 Å². The molecule has 0 spiro atoms. The number of para-hydroxylation sites is 2. The molecule has 0 aliphatic heterocycles. The second-order valence-electron chi connectivity index (χ2n) is 25.3. The molecule has 7 aromatic heterocycles. The molecule has 472 valence electrons. The molecule has 21 aromatic rings. The fourth-order valence-corrected chi connectivity index (χ4v) is 18.0. The average molecular weight is 1340 g/mol. The predicted molar refractivity (Wildman–Crippen MR) is 425 cm³/mol. The van der Waals surface area contributed by atoms with Gasteiger partial charge in [0.1, 0.15) is 0 Å². The van der Waals surface area contributed by atoms with Crippen molar-refractivity contribution in [3.8, 4) is 90.8 Å². The lowest BCUT2D eigenvalue weighted by Gasteiger charge is -2.11. The van der Waals surface area contributed by atoms with E-state index >= 15 is 0 Å². The third-order valence-corrected chi connectivity index (χ3v) is 22.8. The third-order valence-electron chi connectivity index (χ3n) is 19.4. The Kier molecular flexibility index (Phi) is 14.0. The first-order valence-electron chi connectivity index (χ1n) is 33.6. The first-order chi connectivity index (χ1) is 50.0. The number of hydrogen-bond donors (Lipinski definition) is 0. The van der Waals surface area contributed by atoms with E-state index < -0.39 is 0 Å². The summed E-state index contributed by atoms with van der Waals surface area (Å²) in [5.41, 5.74) is 15.1. The molecule has 0 saturated heterocycles. The molecule has 14 aromatic carbocycles. The second kappa shape index (κ2) is 24.1. The van der Waals surface area contributed by atoms with Crippen LogP contribution >= 0.6 is 34.0 Å². The molecule has 0 fully saturated rings. The number of nitrogens with zero attached hydrogens (tertiary/aromatic N) is 8. The van der Waals surface area contributed by atoms with Crippen molar-refractivity contribution in [3.63, 3.8) is 0 Å². The summed E-state index contributed by atoms with van der Waals surface area (Å²) in [5.74, 6) is 3.82. The fourth-order valence-electron chi connectivity index (χ4n) is 14.5. The predicted octanol–water partition coefficient (Wildman–Crippen LogP) is 24.7. The lowest BCUT2D eigenvalue weighted by atomic mass is 10.0. The number of aromatic nitrogens is 8. The van der Waals surface area contributed by atoms with Gasteiger partial charge in [-0.3, -0.25) is 4.57 Å². The summed E-state index contributed by atoms with van der Waals surface area (Å²) in [7, 11) is 0. The van der Waals surface area contributed by atoms with Gasteiger partial charge in [-0.2, -0.15) is 9.97 Å². The molecule has 0 bridgehead atoms. The van der Waals surface area contributed by atoms with Crippen LogP contribution in [0.3, 0.4) is 0 Å². The zero-order valence-corrected chi connectivity index (χ0v) is 56.4. The van der Waals surface area contributed by atoms with E-state index in [-0.39, 0.29) is 0 Å². The van der Waals surface area contributed by atoms with Gasteiger partial charge in [-0.1, -0.05) is 249 Å². The zero-order chi connectivity index (χ0) is 66.5. The second-order valence-corrected chi connectivity index (χ2v) is 28.5. The molecular weight excluding hydrogens is 1290 g/mol. The maximum atomic E-state index is 5.22. The topological polar surface area (TPSA) is 87.2 Å². The van der Waals surface area contributed by atoms with Gasteiger partial charge in [-0.15, -0.1) is 34.0 Å². The van der Waals surface area contributed by atoms with E-state index in [2.05, 4.69) is 282 Å². The van der Waals surface area contributed by atoms with Gasteiger partial charge in [-0.05, 0) is 101 Å². The van der Waals surface area contributed by atoms with Crippen molar-refractivity contribution in [1.82, 2.24) is 39.0 Å². The standard InChI is InChI=1S/C45H26N4S2.C45H28N4S/c1-2-11-28(12-3-1)43-46-44(29-23-21-27(22-24-29)30-16-10-17-34-32-14-5-9-20-40(32)51-42(30)34)48-45(47-43)49-37-18-7-4-13-31(37)35-25-36-33-15-6-8-19-39(33)50-41(36)26-38(35)49;1-3-11-29(12-4-1)30-19-21-32(22-20-30)44-46-43(31-13-5-2-6-14-31)47-45(48-44)33-23-25-34(26-24-33)49-39-17-9-7-15-35(39)37-27-38-36-16-8-10-18-41(36)50-42(38)28-40(37)49/h1-26H;1-28H. The van der Waals surface area contributed by atoms with Gasteiger partial charge >= 0.3 is 0 Å². The molecule has 21 rings (SSSR count). The maximum Gasteiger partial charge on any atom is 0.238 e. The lowest BCUT2D eigenvalue weighted by Crippen LogP contribution is -2.06. The van der Waals surface area contributed by atoms with E-state index in [0.29, 0.717) is 35.1 Å². The van der Waals surface area contributed by atoms with Crippen LogP contribution in [0.15, 0.2) is 328 Å². The van der Waals surface area contributed by atoms with E-state index in [9.17, 15) is 0 Å². The Morgan fingerprint density at radius 2 is 0.545 bits per heavy atom. The maximum absolute atomic E-state index is 5.22. The number of fused-ring (bicyclic) bond motifs is 15. The van der Waals surface area contributed by atoms with Crippen LogP contribution in [0.5, 0.6) is 0 Å². The molecule has 0 atom stereocenters. The fraction of sp³-hybridized carbons (Fsp3) is 0. The summed E-state index contributed by atoms with van der Waals surface area (Å²) >= 11 is 5.53. The van der Waals surface area contributed by atoms with E-state index in [4.69, 9.17) is 29.9 Å². The number of thiophene rings is 3. The lowest BCUT2D eigenvalue weighted by molar-refractivity contribution is 0.954. The van der Waals surface area contributed by atoms with E-state index in [1.54, 1.807) is 0 Å². The minimum absolute atomic E-state index is 0.602. The van der Waals surface area contributed by atoms with Crippen molar-refractivity contribution in [3.05, 3.63) is 328 Å². The molecule has 0 unspecified atom stereocenters. The highest BCUT2D eigenvalue weighted by Crippen LogP contribution is 2.45. The van der Waals surface area contributed by atoms with Crippen molar-refractivity contribution >= 4 is 138 Å². The van der Waals surface area contributed by atoms with E-state index in [1.807, 2.05) is 88.6 Å². The Morgan fingerprint density at radius 1 is 0.198 bits per heavy atom. The average Bonchev–Trinajstić information content (AvgIpc) is 1.58. The molecule has 0 radical (unpaired) electrons. The Bertz CT molecular complexity index is 6800. The van der Waals surface area contributed by atoms with Gasteiger partial charge in [0.15, 0.2) is 29.1 Å². The van der Waals surface area contributed by atoms with Crippen LogP contribution in [-0.4, -0.2) is 39.0 Å². The molecule has 7 heterocycles. The Morgan fingerprint density at radius 3 is 1.05 bits per heavy atom. The van der Waals surface area contributed by atoms with Crippen molar-refractivity contribution in [2.24, 2.45) is 0 Å². The van der Waals surface area contributed by atoms with Crippen LogP contribution in [0.1, 0.15) is 0 Å². The molecule has 101 heavy (non-hydrogen) atoms. The molecule has 8 nitrogen and oxygen atoms in total. The van der Waals surface area contributed by atoms with Crippen LogP contribution in [0.2, 0.25) is 0 Å². The Labute approximate surface area is 591 Å². The Hall–Kier alpha value is -12.6. The first kappa shape index (κ1) is 58.5. The summed E-state index contributed by atoms with van der Waals surface area (Å²) in [4.78, 5) is 30.4. The van der Waals surface area contributed by atoms with Crippen molar-refractivity contribution in [2.45, 2.75) is 0 Å².